The summed E-state index contributed by atoms with van der Waals surface area (Å²) in [6.07, 6.45) is 7.75. The number of carbonyl (C=O) groups is 2. The fraction of sp³-hybridized carbons (Fsp3) is 0.125. The van der Waals surface area contributed by atoms with Gasteiger partial charge in [-0.3, -0.25) is 4.79 Å². The maximum atomic E-state index is 13.8. The van der Waals surface area contributed by atoms with Crippen molar-refractivity contribution in [2.24, 2.45) is 0 Å². The van der Waals surface area contributed by atoms with Crippen LogP contribution in [0.3, 0.4) is 0 Å². The molecule has 190 valence electrons. The van der Waals surface area contributed by atoms with Gasteiger partial charge in [-0.25, -0.2) is 4.79 Å². The van der Waals surface area contributed by atoms with Gasteiger partial charge in [-0.2, -0.15) is 0 Å². The molecule has 6 nitrogen and oxygen atoms in total. The first-order valence-corrected chi connectivity index (χ1v) is 12.3. The summed E-state index contributed by atoms with van der Waals surface area (Å²) in [5.41, 5.74) is 5.99. The molecule has 0 fully saturated rings. The van der Waals surface area contributed by atoms with E-state index < -0.39 is 0 Å². The molecule has 0 radical (unpaired) electrons. The number of hydrogen-bond acceptors (Lipinski definition) is 6. The smallest absolute Gasteiger partial charge is 0.338 e. The molecule has 0 atom stereocenters. The lowest BCUT2D eigenvalue weighted by Crippen LogP contribution is -2.15. The van der Waals surface area contributed by atoms with Crippen LogP contribution in [-0.4, -0.2) is 37.5 Å². The highest BCUT2D eigenvalue weighted by Crippen LogP contribution is 2.43. The standard InChI is InChI=1S/C32H27NO5/c1-4-38-32(35)25-7-5-21(6-8-25)19-22-17-18-33-28(20-22)31(34)29(23-9-13-26(36-2)14-10-23)30(33)24-11-15-27(37-3)16-12-24/h5-20H,4H2,1-3H3/b22-19-. The van der Waals surface area contributed by atoms with Crippen LogP contribution in [0.4, 0.5) is 0 Å². The molecule has 0 saturated carbocycles. The van der Waals surface area contributed by atoms with Crippen LogP contribution in [0.2, 0.25) is 0 Å². The molecule has 0 saturated heterocycles. The maximum Gasteiger partial charge on any atom is 0.338 e. The monoisotopic (exact) mass is 505 g/mol. The van der Waals surface area contributed by atoms with E-state index in [1.807, 2.05) is 90.0 Å². The number of nitrogens with zero attached hydrogens (tertiary/aromatic N) is 1. The van der Waals surface area contributed by atoms with E-state index >= 15 is 0 Å². The first kappa shape index (κ1) is 24.8. The Morgan fingerprint density at radius 1 is 0.842 bits per heavy atom. The highest BCUT2D eigenvalue weighted by atomic mass is 16.5. The van der Waals surface area contributed by atoms with Crippen LogP contribution in [0.15, 0.2) is 102 Å². The lowest BCUT2D eigenvalue weighted by molar-refractivity contribution is -0.110. The molecule has 0 aromatic heterocycles. The van der Waals surface area contributed by atoms with Gasteiger partial charge in [0.1, 0.15) is 11.5 Å². The molecule has 2 heterocycles. The van der Waals surface area contributed by atoms with Gasteiger partial charge in [0, 0.05) is 6.20 Å². The van der Waals surface area contributed by atoms with Crippen LogP contribution < -0.4 is 9.47 Å². The van der Waals surface area contributed by atoms with Crippen molar-refractivity contribution < 1.29 is 23.8 Å². The summed E-state index contributed by atoms with van der Waals surface area (Å²) in [4.78, 5) is 27.7. The SMILES string of the molecule is CCOC(=O)c1ccc(/C=C2/C=CN3C(=C2)C(=O)C(c2ccc(OC)cc2)=C3c2ccc(OC)cc2)cc1. The quantitative estimate of drug-likeness (QED) is 0.360. The summed E-state index contributed by atoms with van der Waals surface area (Å²) in [5, 5.41) is 0. The molecular formula is C32H27NO5. The van der Waals surface area contributed by atoms with Crippen molar-refractivity contribution in [2.75, 3.05) is 20.8 Å². The Bertz CT molecular complexity index is 1490. The fourth-order valence-corrected chi connectivity index (χ4v) is 4.51. The van der Waals surface area contributed by atoms with Crippen molar-refractivity contribution in [3.63, 3.8) is 0 Å². The van der Waals surface area contributed by atoms with Crippen molar-refractivity contribution in [1.82, 2.24) is 4.90 Å². The third kappa shape index (κ3) is 4.76. The molecule has 3 aromatic rings. The minimum Gasteiger partial charge on any atom is -0.497 e. The highest BCUT2D eigenvalue weighted by Gasteiger charge is 2.36. The molecular weight excluding hydrogens is 478 g/mol. The number of fused-ring (bicyclic) bond motifs is 1. The van der Waals surface area contributed by atoms with Gasteiger partial charge in [-0.1, -0.05) is 24.3 Å². The fourth-order valence-electron chi connectivity index (χ4n) is 4.51. The predicted octanol–water partition coefficient (Wildman–Crippen LogP) is 6.13. The van der Waals surface area contributed by atoms with E-state index in [9.17, 15) is 9.59 Å². The zero-order valence-electron chi connectivity index (χ0n) is 21.4. The van der Waals surface area contributed by atoms with E-state index in [1.165, 1.54) is 0 Å². The average molecular weight is 506 g/mol. The molecule has 2 aliphatic heterocycles. The van der Waals surface area contributed by atoms with Gasteiger partial charge in [0.2, 0.25) is 5.78 Å². The zero-order valence-corrected chi connectivity index (χ0v) is 21.4. The number of ether oxygens (including phenoxy) is 3. The molecule has 0 amide bonds. The Morgan fingerprint density at radius 3 is 2.03 bits per heavy atom. The Kier molecular flexibility index (Phi) is 6.96. The number of Topliss-reactive ketones (excluding diaryl/α,β-unsaturated/α-hetero) is 1. The Hall–Kier alpha value is -4.84. The number of rotatable bonds is 7. The van der Waals surface area contributed by atoms with Crippen LogP contribution in [-0.2, 0) is 9.53 Å². The summed E-state index contributed by atoms with van der Waals surface area (Å²) in [5.74, 6) is 1.06. The van der Waals surface area contributed by atoms with E-state index in [0.29, 0.717) is 23.4 Å². The lowest BCUT2D eigenvalue weighted by atomic mass is 9.97. The van der Waals surface area contributed by atoms with Crippen LogP contribution >= 0.6 is 0 Å². The number of methoxy groups -OCH3 is 2. The second kappa shape index (κ2) is 10.6. The summed E-state index contributed by atoms with van der Waals surface area (Å²) in [6.45, 7) is 2.11. The molecule has 0 bridgehead atoms. The van der Waals surface area contributed by atoms with Gasteiger partial charge in [-0.15, -0.1) is 0 Å². The van der Waals surface area contributed by atoms with Crippen LogP contribution in [0, 0.1) is 0 Å². The average Bonchev–Trinajstić information content (AvgIpc) is 3.25. The van der Waals surface area contributed by atoms with Crippen molar-refractivity contribution in [3.8, 4) is 11.5 Å². The third-order valence-electron chi connectivity index (χ3n) is 6.41. The molecule has 0 unspecified atom stereocenters. The number of hydrogen-bond donors (Lipinski definition) is 0. The van der Waals surface area contributed by atoms with Crippen molar-refractivity contribution in [3.05, 3.63) is 125 Å². The molecule has 38 heavy (non-hydrogen) atoms. The summed E-state index contributed by atoms with van der Waals surface area (Å²) in [6, 6.07) is 22.4. The lowest BCUT2D eigenvalue weighted by Gasteiger charge is -2.22. The summed E-state index contributed by atoms with van der Waals surface area (Å²) < 4.78 is 15.7. The molecule has 0 spiro atoms. The van der Waals surface area contributed by atoms with Crippen molar-refractivity contribution in [2.45, 2.75) is 6.92 Å². The normalized spacial score (nSPS) is 15.4. The number of esters is 1. The van der Waals surface area contributed by atoms with Gasteiger partial charge in [-0.05, 0) is 95.9 Å². The summed E-state index contributed by atoms with van der Waals surface area (Å²) in [7, 11) is 3.24. The predicted molar refractivity (Wildman–Crippen MR) is 147 cm³/mol. The first-order valence-electron chi connectivity index (χ1n) is 12.3. The minimum atomic E-state index is -0.346. The van der Waals surface area contributed by atoms with E-state index in [4.69, 9.17) is 14.2 Å². The topological polar surface area (TPSA) is 65.1 Å². The molecule has 2 aliphatic rings. The van der Waals surface area contributed by atoms with Gasteiger partial charge >= 0.3 is 5.97 Å². The van der Waals surface area contributed by atoms with Crippen LogP contribution in [0.25, 0.3) is 17.3 Å². The largest absolute Gasteiger partial charge is 0.497 e. The number of benzene rings is 3. The first-order chi connectivity index (χ1) is 18.5. The third-order valence-corrected chi connectivity index (χ3v) is 6.41. The number of carbonyl (C=O) groups excluding carboxylic acids is 2. The van der Waals surface area contributed by atoms with Gasteiger partial charge in [0.25, 0.3) is 0 Å². The second-order valence-corrected chi connectivity index (χ2v) is 8.71. The summed E-state index contributed by atoms with van der Waals surface area (Å²) >= 11 is 0. The van der Waals surface area contributed by atoms with Gasteiger partial charge in [0.15, 0.2) is 0 Å². The molecule has 0 N–H and O–H groups in total. The van der Waals surface area contributed by atoms with Crippen LogP contribution in [0.1, 0.15) is 34.0 Å². The number of ketones is 1. The Labute approximate surface area is 221 Å². The van der Waals surface area contributed by atoms with Crippen LogP contribution in [0.5, 0.6) is 11.5 Å². The Morgan fingerprint density at radius 2 is 1.45 bits per heavy atom. The molecule has 3 aromatic carbocycles. The zero-order chi connectivity index (χ0) is 26.6. The van der Waals surface area contributed by atoms with Crippen molar-refractivity contribution >= 4 is 29.1 Å². The van der Waals surface area contributed by atoms with Gasteiger partial charge in [0.05, 0.1) is 43.4 Å². The number of allylic oxidation sites excluding steroid dienone is 4. The Balaban J connectivity index is 1.52. The van der Waals surface area contributed by atoms with E-state index in [-0.39, 0.29) is 11.8 Å². The molecule has 0 aliphatic carbocycles. The van der Waals surface area contributed by atoms with Crippen molar-refractivity contribution in [1.29, 1.82) is 0 Å². The highest BCUT2D eigenvalue weighted by molar-refractivity contribution is 6.38. The van der Waals surface area contributed by atoms with E-state index in [2.05, 4.69) is 0 Å². The van der Waals surface area contributed by atoms with E-state index in [1.54, 1.807) is 33.3 Å². The van der Waals surface area contributed by atoms with E-state index in [0.717, 1.165) is 39.5 Å². The van der Waals surface area contributed by atoms with Gasteiger partial charge < -0.3 is 19.1 Å². The second-order valence-electron chi connectivity index (χ2n) is 8.71. The molecule has 6 heteroatoms. The minimum absolute atomic E-state index is 0.0612. The molecule has 5 rings (SSSR count). The maximum absolute atomic E-state index is 13.8.